The Balaban J connectivity index is 1.92. The summed E-state index contributed by atoms with van der Waals surface area (Å²) in [4.78, 5) is 26.4. The molecule has 1 aromatic rings. The number of nitrogens with zero attached hydrogens (tertiary/aromatic N) is 1. The van der Waals surface area contributed by atoms with E-state index in [2.05, 4.69) is 11.9 Å². The van der Waals surface area contributed by atoms with Crippen LogP contribution in [0.25, 0.3) is 0 Å². The van der Waals surface area contributed by atoms with Crippen molar-refractivity contribution in [2.75, 3.05) is 19.7 Å². The average Bonchev–Trinajstić information content (AvgIpc) is 3.00. The Kier molecular flexibility index (Phi) is 4.92. The number of hydrogen-bond donors (Lipinski definition) is 1. The highest BCUT2D eigenvalue weighted by Crippen LogP contribution is 2.18. The Labute approximate surface area is 122 Å². The summed E-state index contributed by atoms with van der Waals surface area (Å²) >= 11 is 1.60. The van der Waals surface area contributed by atoms with Crippen LogP contribution in [-0.4, -0.2) is 42.5 Å². The van der Waals surface area contributed by atoms with E-state index in [1.807, 2.05) is 24.4 Å². The van der Waals surface area contributed by atoms with Crippen molar-refractivity contribution in [1.29, 1.82) is 0 Å². The monoisotopic (exact) mass is 294 g/mol. The molecule has 1 fully saturated rings. The van der Waals surface area contributed by atoms with Crippen molar-refractivity contribution in [2.24, 2.45) is 0 Å². The molecule has 2 amide bonds. The number of amides is 2. The first-order valence-corrected chi connectivity index (χ1v) is 7.36. The van der Waals surface area contributed by atoms with Crippen molar-refractivity contribution >= 4 is 23.2 Å². The molecule has 0 saturated carbocycles. The molecule has 0 spiro atoms. The van der Waals surface area contributed by atoms with E-state index in [0.717, 1.165) is 4.88 Å². The number of morpholine rings is 1. The third-order valence-electron chi connectivity index (χ3n) is 3.17. The van der Waals surface area contributed by atoms with Gasteiger partial charge in [-0.1, -0.05) is 12.6 Å². The summed E-state index contributed by atoms with van der Waals surface area (Å²) in [6.07, 6.45) is 0.643. The summed E-state index contributed by atoms with van der Waals surface area (Å²) in [6.45, 7) is 6.52. The van der Waals surface area contributed by atoms with E-state index in [9.17, 15) is 9.59 Å². The van der Waals surface area contributed by atoms with Crippen LogP contribution in [0.1, 0.15) is 17.8 Å². The predicted molar refractivity (Wildman–Crippen MR) is 77.4 cm³/mol. The maximum absolute atomic E-state index is 12.2. The number of rotatable bonds is 4. The Morgan fingerprint density at radius 2 is 2.45 bits per heavy atom. The molecular formula is C14H18N2O3S. The topological polar surface area (TPSA) is 58.6 Å². The molecule has 2 atom stereocenters. The second-order valence-electron chi connectivity index (χ2n) is 4.59. The fraction of sp³-hybridized carbons (Fsp3) is 0.429. The number of nitrogens with one attached hydrogen (secondary N) is 1. The molecule has 1 saturated heterocycles. The second-order valence-corrected chi connectivity index (χ2v) is 5.57. The molecule has 1 aliphatic rings. The van der Waals surface area contributed by atoms with E-state index in [4.69, 9.17) is 4.74 Å². The summed E-state index contributed by atoms with van der Waals surface area (Å²) in [5.74, 6) is -0.357. The predicted octanol–water partition coefficient (Wildman–Crippen LogP) is 1.34. The first kappa shape index (κ1) is 14.7. The van der Waals surface area contributed by atoms with Gasteiger partial charge in [-0.15, -0.1) is 11.3 Å². The number of ether oxygens (including phenoxy) is 1. The maximum Gasteiger partial charge on any atom is 0.251 e. The van der Waals surface area contributed by atoms with Crippen molar-refractivity contribution in [3.63, 3.8) is 0 Å². The highest BCUT2D eigenvalue weighted by atomic mass is 32.1. The van der Waals surface area contributed by atoms with Crippen LogP contribution >= 0.6 is 11.3 Å². The minimum absolute atomic E-state index is 0.0587. The van der Waals surface area contributed by atoms with Crippen molar-refractivity contribution in [1.82, 2.24) is 10.2 Å². The molecule has 1 N–H and O–H groups in total. The van der Waals surface area contributed by atoms with E-state index in [0.29, 0.717) is 13.2 Å². The molecule has 1 unspecified atom stereocenters. The normalized spacial score (nSPS) is 20.2. The highest BCUT2D eigenvalue weighted by molar-refractivity contribution is 7.10. The lowest BCUT2D eigenvalue weighted by Crippen LogP contribution is -2.51. The Bertz CT molecular complexity index is 487. The van der Waals surface area contributed by atoms with Crippen LogP contribution in [0.2, 0.25) is 0 Å². The van der Waals surface area contributed by atoms with Crippen LogP contribution in [0.3, 0.4) is 0 Å². The molecule has 1 aromatic heterocycles. The standard InChI is InChI=1S/C14H18N2O3S/c1-3-13(17)16-6-7-19-11(9-16)14(18)15-10(2)12-5-4-8-20-12/h3-5,8,10-11H,1,6-7,9H2,2H3,(H,15,18)/t10-,11?/m0/s1. The Morgan fingerprint density at radius 3 is 3.10 bits per heavy atom. The molecule has 20 heavy (non-hydrogen) atoms. The maximum atomic E-state index is 12.2. The van der Waals surface area contributed by atoms with Gasteiger partial charge in [0.15, 0.2) is 6.10 Å². The SMILES string of the molecule is C=CC(=O)N1CCOC(C(=O)N[C@@H](C)c2cccs2)C1. The molecule has 6 heteroatoms. The van der Waals surface area contributed by atoms with Gasteiger partial charge in [-0.05, 0) is 24.4 Å². The molecule has 0 bridgehead atoms. The zero-order valence-electron chi connectivity index (χ0n) is 11.4. The fourth-order valence-electron chi connectivity index (χ4n) is 2.05. The summed E-state index contributed by atoms with van der Waals surface area (Å²) in [6, 6.07) is 3.87. The van der Waals surface area contributed by atoms with Gasteiger partial charge in [-0.25, -0.2) is 0 Å². The van der Waals surface area contributed by atoms with Crippen LogP contribution in [0.4, 0.5) is 0 Å². The minimum Gasteiger partial charge on any atom is -0.365 e. The molecule has 0 radical (unpaired) electrons. The van der Waals surface area contributed by atoms with Gasteiger partial charge in [0, 0.05) is 11.4 Å². The third-order valence-corrected chi connectivity index (χ3v) is 4.23. The van der Waals surface area contributed by atoms with E-state index in [1.165, 1.54) is 6.08 Å². The molecule has 108 valence electrons. The van der Waals surface area contributed by atoms with Crippen LogP contribution in [-0.2, 0) is 14.3 Å². The van der Waals surface area contributed by atoms with Crippen molar-refractivity contribution in [3.8, 4) is 0 Å². The zero-order valence-corrected chi connectivity index (χ0v) is 12.2. The number of carbonyl (C=O) groups is 2. The Hall–Kier alpha value is -1.66. The largest absolute Gasteiger partial charge is 0.365 e. The number of hydrogen-bond acceptors (Lipinski definition) is 4. The second kappa shape index (κ2) is 6.67. The molecule has 5 nitrogen and oxygen atoms in total. The van der Waals surface area contributed by atoms with Gasteiger partial charge in [-0.2, -0.15) is 0 Å². The van der Waals surface area contributed by atoms with Crippen molar-refractivity contribution in [3.05, 3.63) is 35.0 Å². The van der Waals surface area contributed by atoms with Gasteiger partial charge in [0.2, 0.25) is 5.91 Å². The highest BCUT2D eigenvalue weighted by Gasteiger charge is 2.29. The number of carbonyl (C=O) groups excluding carboxylic acids is 2. The van der Waals surface area contributed by atoms with Crippen molar-refractivity contribution in [2.45, 2.75) is 19.1 Å². The molecule has 0 aromatic carbocycles. The van der Waals surface area contributed by atoms with E-state index < -0.39 is 6.10 Å². The van der Waals surface area contributed by atoms with E-state index in [-0.39, 0.29) is 24.4 Å². The lowest BCUT2D eigenvalue weighted by atomic mass is 10.2. The Morgan fingerprint density at radius 1 is 1.65 bits per heavy atom. The van der Waals surface area contributed by atoms with Gasteiger partial charge in [0.25, 0.3) is 5.91 Å². The van der Waals surface area contributed by atoms with Crippen LogP contribution in [0.5, 0.6) is 0 Å². The van der Waals surface area contributed by atoms with E-state index >= 15 is 0 Å². The van der Waals surface area contributed by atoms with Gasteiger partial charge >= 0.3 is 0 Å². The summed E-state index contributed by atoms with van der Waals surface area (Å²) in [7, 11) is 0. The first-order chi connectivity index (χ1) is 9.61. The average molecular weight is 294 g/mol. The van der Waals surface area contributed by atoms with Gasteiger partial charge < -0.3 is 15.0 Å². The zero-order chi connectivity index (χ0) is 14.5. The quantitative estimate of drug-likeness (QED) is 0.853. The molecule has 0 aliphatic carbocycles. The van der Waals surface area contributed by atoms with Crippen LogP contribution < -0.4 is 5.32 Å². The summed E-state index contributed by atoms with van der Waals surface area (Å²) in [5, 5.41) is 4.88. The van der Waals surface area contributed by atoms with E-state index in [1.54, 1.807) is 16.2 Å². The lowest BCUT2D eigenvalue weighted by molar-refractivity contribution is -0.145. The number of thiophene rings is 1. The van der Waals surface area contributed by atoms with Gasteiger partial charge in [-0.3, -0.25) is 9.59 Å². The molecule has 2 rings (SSSR count). The van der Waals surface area contributed by atoms with Crippen LogP contribution in [0.15, 0.2) is 30.2 Å². The smallest absolute Gasteiger partial charge is 0.251 e. The minimum atomic E-state index is -0.616. The van der Waals surface area contributed by atoms with Gasteiger partial charge in [0.05, 0.1) is 19.2 Å². The molecule has 1 aliphatic heterocycles. The molecular weight excluding hydrogens is 276 g/mol. The lowest BCUT2D eigenvalue weighted by Gasteiger charge is -2.32. The fourth-order valence-corrected chi connectivity index (χ4v) is 2.79. The molecule has 2 heterocycles. The summed E-state index contributed by atoms with van der Waals surface area (Å²) in [5.41, 5.74) is 0. The van der Waals surface area contributed by atoms with Gasteiger partial charge in [0.1, 0.15) is 0 Å². The first-order valence-electron chi connectivity index (χ1n) is 6.48. The summed E-state index contributed by atoms with van der Waals surface area (Å²) < 4.78 is 5.45. The van der Waals surface area contributed by atoms with Crippen LogP contribution in [0, 0.1) is 0 Å². The van der Waals surface area contributed by atoms with Crippen molar-refractivity contribution < 1.29 is 14.3 Å². The third kappa shape index (κ3) is 3.46.